The largest absolute Gasteiger partial charge is 0.479 e. The van der Waals surface area contributed by atoms with Crippen molar-refractivity contribution < 1.29 is 19.1 Å². The van der Waals surface area contributed by atoms with Crippen LogP contribution in [0.4, 0.5) is 4.39 Å². The summed E-state index contributed by atoms with van der Waals surface area (Å²) in [7, 11) is 0. The van der Waals surface area contributed by atoms with Crippen LogP contribution in [0.15, 0.2) is 24.3 Å². The molecule has 1 aromatic carbocycles. The fourth-order valence-corrected chi connectivity index (χ4v) is 2.63. The topological polar surface area (TPSA) is 57.6 Å². The number of amides is 1. The molecule has 2 rings (SSSR count). The van der Waals surface area contributed by atoms with Crippen LogP contribution in [-0.4, -0.2) is 40.6 Å². The second kappa shape index (κ2) is 5.30. The standard InChI is InChI=1S/C15H17ClFNO3/c1-14(2,10-3-5-11(16)6-4-10)12(19)18-8-7-15(17,9-18)13(20)21/h3-6H,7-9H2,1-2H3,(H,20,21). The van der Waals surface area contributed by atoms with Crippen LogP contribution in [-0.2, 0) is 15.0 Å². The molecule has 1 fully saturated rings. The van der Waals surface area contributed by atoms with Gasteiger partial charge in [-0.2, -0.15) is 0 Å². The van der Waals surface area contributed by atoms with Crippen molar-refractivity contribution in [3.8, 4) is 0 Å². The van der Waals surface area contributed by atoms with E-state index in [2.05, 4.69) is 0 Å². The fourth-order valence-electron chi connectivity index (χ4n) is 2.51. The number of halogens is 2. The number of nitrogens with zero attached hydrogens (tertiary/aromatic N) is 1. The molecule has 6 heteroatoms. The molecule has 1 saturated heterocycles. The number of benzene rings is 1. The maximum absolute atomic E-state index is 14.1. The Morgan fingerprint density at radius 2 is 1.90 bits per heavy atom. The van der Waals surface area contributed by atoms with Gasteiger partial charge in [-0.1, -0.05) is 23.7 Å². The molecule has 114 valence electrons. The molecule has 0 aromatic heterocycles. The average Bonchev–Trinajstić information content (AvgIpc) is 2.82. The molecular weight excluding hydrogens is 297 g/mol. The first-order chi connectivity index (χ1) is 9.67. The maximum atomic E-state index is 14.1. The molecule has 1 heterocycles. The number of carboxylic acids is 1. The number of rotatable bonds is 3. The first kappa shape index (κ1) is 15.8. The Morgan fingerprint density at radius 3 is 2.38 bits per heavy atom. The minimum Gasteiger partial charge on any atom is -0.479 e. The third-order valence-electron chi connectivity index (χ3n) is 3.99. The van der Waals surface area contributed by atoms with Gasteiger partial charge in [0.05, 0.1) is 12.0 Å². The number of hydrogen-bond donors (Lipinski definition) is 1. The molecule has 0 spiro atoms. The van der Waals surface area contributed by atoms with E-state index in [9.17, 15) is 14.0 Å². The molecule has 21 heavy (non-hydrogen) atoms. The minimum absolute atomic E-state index is 0.110. The molecule has 1 amide bonds. The van der Waals surface area contributed by atoms with Gasteiger partial charge in [0.1, 0.15) is 0 Å². The van der Waals surface area contributed by atoms with E-state index in [1.807, 2.05) is 0 Å². The van der Waals surface area contributed by atoms with Gasteiger partial charge in [-0.05, 0) is 31.5 Å². The Balaban J connectivity index is 2.20. The van der Waals surface area contributed by atoms with E-state index >= 15 is 0 Å². The van der Waals surface area contributed by atoms with Crippen molar-refractivity contribution in [1.29, 1.82) is 0 Å². The van der Waals surface area contributed by atoms with Crippen LogP contribution in [0.5, 0.6) is 0 Å². The van der Waals surface area contributed by atoms with E-state index in [1.54, 1.807) is 38.1 Å². The number of carboxylic acid groups (broad SMARTS) is 1. The molecule has 1 aliphatic rings. The van der Waals surface area contributed by atoms with E-state index < -0.39 is 23.6 Å². The third-order valence-corrected chi connectivity index (χ3v) is 4.24. The molecular formula is C15H17ClFNO3. The first-order valence-electron chi connectivity index (χ1n) is 6.64. The van der Waals surface area contributed by atoms with Gasteiger partial charge in [-0.3, -0.25) is 4.79 Å². The zero-order chi connectivity index (χ0) is 15.8. The fraction of sp³-hybridized carbons (Fsp3) is 0.467. The number of aliphatic carboxylic acids is 1. The van der Waals surface area contributed by atoms with Crippen molar-refractivity contribution in [1.82, 2.24) is 4.90 Å². The Hall–Kier alpha value is -1.62. The van der Waals surface area contributed by atoms with Crippen LogP contribution in [0.25, 0.3) is 0 Å². The predicted octanol–water partition coefficient (Wildman–Crippen LogP) is 2.64. The lowest BCUT2D eigenvalue weighted by Crippen LogP contribution is -2.45. The summed E-state index contributed by atoms with van der Waals surface area (Å²) in [5.41, 5.74) is -2.45. The van der Waals surface area contributed by atoms with Gasteiger partial charge in [0.2, 0.25) is 11.6 Å². The number of hydrogen-bond acceptors (Lipinski definition) is 2. The second-order valence-corrected chi connectivity index (χ2v) is 6.32. The molecule has 0 radical (unpaired) electrons. The average molecular weight is 314 g/mol. The van der Waals surface area contributed by atoms with E-state index in [4.69, 9.17) is 16.7 Å². The maximum Gasteiger partial charge on any atom is 0.343 e. The van der Waals surface area contributed by atoms with Gasteiger partial charge in [0.25, 0.3) is 0 Å². The second-order valence-electron chi connectivity index (χ2n) is 5.88. The molecule has 1 aliphatic heterocycles. The molecule has 0 aliphatic carbocycles. The Kier molecular flexibility index (Phi) is 3.97. The molecule has 0 saturated carbocycles. The highest BCUT2D eigenvalue weighted by Gasteiger charge is 2.49. The van der Waals surface area contributed by atoms with E-state index in [0.717, 1.165) is 5.56 Å². The van der Waals surface area contributed by atoms with Crippen LogP contribution in [0.3, 0.4) is 0 Å². The number of alkyl halides is 1. The van der Waals surface area contributed by atoms with Crippen molar-refractivity contribution in [3.63, 3.8) is 0 Å². The molecule has 1 atom stereocenters. The third kappa shape index (κ3) is 2.88. The lowest BCUT2D eigenvalue weighted by atomic mass is 9.83. The van der Waals surface area contributed by atoms with Gasteiger partial charge < -0.3 is 10.0 Å². The van der Waals surface area contributed by atoms with Crippen molar-refractivity contribution >= 4 is 23.5 Å². The highest BCUT2D eigenvalue weighted by Crippen LogP contribution is 2.32. The number of carbonyl (C=O) groups excluding carboxylic acids is 1. The summed E-state index contributed by atoms with van der Waals surface area (Å²) in [6, 6.07) is 6.87. The zero-order valence-electron chi connectivity index (χ0n) is 11.9. The van der Waals surface area contributed by atoms with Crippen LogP contribution in [0.2, 0.25) is 5.02 Å². The number of carbonyl (C=O) groups is 2. The Labute approximate surface area is 127 Å². The predicted molar refractivity (Wildman–Crippen MR) is 77.1 cm³/mol. The summed E-state index contributed by atoms with van der Waals surface area (Å²) in [6.07, 6.45) is -0.176. The van der Waals surface area contributed by atoms with Crippen molar-refractivity contribution in [2.75, 3.05) is 13.1 Å². The van der Waals surface area contributed by atoms with Crippen LogP contribution in [0, 0.1) is 0 Å². The first-order valence-corrected chi connectivity index (χ1v) is 7.02. The minimum atomic E-state index is -2.34. The summed E-state index contributed by atoms with van der Waals surface area (Å²) in [5, 5.41) is 9.46. The van der Waals surface area contributed by atoms with Gasteiger partial charge >= 0.3 is 5.97 Å². The quantitative estimate of drug-likeness (QED) is 0.933. The van der Waals surface area contributed by atoms with Crippen molar-refractivity contribution in [3.05, 3.63) is 34.9 Å². The Bertz CT molecular complexity index is 573. The zero-order valence-corrected chi connectivity index (χ0v) is 12.7. The molecule has 0 bridgehead atoms. The summed E-state index contributed by atoms with van der Waals surface area (Å²) >= 11 is 5.83. The number of likely N-dealkylation sites (tertiary alicyclic amines) is 1. The summed E-state index contributed by atoms with van der Waals surface area (Å²) < 4.78 is 14.1. The van der Waals surface area contributed by atoms with Crippen molar-refractivity contribution in [2.24, 2.45) is 0 Å². The summed E-state index contributed by atoms with van der Waals surface area (Å²) in [4.78, 5) is 24.8. The van der Waals surface area contributed by atoms with Crippen LogP contribution in [0.1, 0.15) is 25.8 Å². The molecule has 4 nitrogen and oxygen atoms in total. The highest BCUT2D eigenvalue weighted by molar-refractivity contribution is 6.30. The molecule has 1 aromatic rings. The van der Waals surface area contributed by atoms with E-state index in [1.165, 1.54) is 4.90 Å². The van der Waals surface area contributed by atoms with Gasteiger partial charge in [-0.15, -0.1) is 0 Å². The summed E-state index contributed by atoms with van der Waals surface area (Å²) in [5.74, 6) is -1.80. The van der Waals surface area contributed by atoms with Crippen LogP contribution < -0.4 is 0 Å². The lowest BCUT2D eigenvalue weighted by molar-refractivity contribution is -0.150. The SMILES string of the molecule is CC(C)(C(=O)N1CCC(F)(C(=O)O)C1)c1ccc(Cl)cc1. The van der Waals surface area contributed by atoms with Gasteiger partial charge in [0, 0.05) is 18.0 Å². The van der Waals surface area contributed by atoms with Gasteiger partial charge in [0.15, 0.2) is 0 Å². The smallest absolute Gasteiger partial charge is 0.343 e. The highest BCUT2D eigenvalue weighted by atomic mass is 35.5. The Morgan fingerprint density at radius 1 is 1.33 bits per heavy atom. The normalized spacial score (nSPS) is 22.4. The monoisotopic (exact) mass is 313 g/mol. The van der Waals surface area contributed by atoms with E-state index in [-0.39, 0.29) is 18.9 Å². The molecule has 1 N–H and O–H groups in total. The van der Waals surface area contributed by atoms with Gasteiger partial charge in [-0.25, -0.2) is 9.18 Å². The van der Waals surface area contributed by atoms with E-state index in [0.29, 0.717) is 5.02 Å². The van der Waals surface area contributed by atoms with Crippen molar-refractivity contribution in [2.45, 2.75) is 31.4 Å². The molecule has 1 unspecified atom stereocenters. The van der Waals surface area contributed by atoms with Crippen LogP contribution >= 0.6 is 11.6 Å². The summed E-state index contributed by atoms with van der Waals surface area (Å²) in [6.45, 7) is 3.17. The lowest BCUT2D eigenvalue weighted by Gasteiger charge is -2.30.